The molecule has 0 unspecified atom stereocenters. The molecule has 82 valence electrons. The first kappa shape index (κ1) is 11.4. The second-order valence-electron chi connectivity index (χ2n) is 3.55. The lowest BCUT2D eigenvalue weighted by Crippen LogP contribution is -2.22. The fraction of sp³-hybridized carbons (Fsp3) is 0.364. The number of guanidine groups is 1. The van der Waals surface area contributed by atoms with Crippen molar-refractivity contribution >= 4 is 5.96 Å². The average Bonchev–Trinajstić information content (AvgIpc) is 2.16. The number of hydrogen-bond acceptors (Lipinski definition) is 2. The molecular formula is C11H17N3O. The Kier molecular flexibility index (Phi) is 3.97. The molecule has 0 aliphatic heterocycles. The first-order chi connectivity index (χ1) is 7.08. The van der Waals surface area contributed by atoms with E-state index < -0.39 is 0 Å². The van der Waals surface area contributed by atoms with Gasteiger partial charge in [0.15, 0.2) is 5.96 Å². The minimum atomic E-state index is 0.109. The van der Waals surface area contributed by atoms with E-state index in [0.29, 0.717) is 6.54 Å². The Labute approximate surface area is 89.9 Å². The van der Waals surface area contributed by atoms with E-state index in [4.69, 9.17) is 16.2 Å². The van der Waals surface area contributed by atoms with Crippen LogP contribution in [0.15, 0.2) is 29.3 Å². The Morgan fingerprint density at radius 1 is 1.27 bits per heavy atom. The number of nitrogens with two attached hydrogens (primary N) is 2. The van der Waals surface area contributed by atoms with E-state index in [-0.39, 0.29) is 12.1 Å². The minimum Gasteiger partial charge on any atom is -0.491 e. The average molecular weight is 207 g/mol. The summed E-state index contributed by atoms with van der Waals surface area (Å²) in [4.78, 5) is 3.92. The first-order valence-electron chi connectivity index (χ1n) is 4.89. The maximum absolute atomic E-state index is 5.51. The predicted molar refractivity (Wildman–Crippen MR) is 61.7 cm³/mol. The van der Waals surface area contributed by atoms with E-state index in [1.165, 1.54) is 0 Å². The fourth-order valence-corrected chi connectivity index (χ4v) is 1.13. The summed E-state index contributed by atoms with van der Waals surface area (Å²) >= 11 is 0. The molecule has 1 aromatic rings. The van der Waals surface area contributed by atoms with Crippen LogP contribution in [0, 0.1) is 0 Å². The highest BCUT2D eigenvalue weighted by atomic mass is 16.5. The van der Waals surface area contributed by atoms with Crippen molar-refractivity contribution in [1.29, 1.82) is 0 Å². The Balaban J connectivity index is 2.60. The van der Waals surface area contributed by atoms with Crippen molar-refractivity contribution in [3.8, 4) is 5.75 Å². The standard InChI is InChI=1S/C11H17N3O/c1-8(2)15-10-5-3-9(4-6-10)7-14-11(12)13/h3-6,8H,7H2,1-2H3,(H4,12,13,14). The minimum absolute atomic E-state index is 0.109. The molecule has 4 heteroatoms. The molecule has 0 heterocycles. The zero-order chi connectivity index (χ0) is 11.3. The van der Waals surface area contributed by atoms with E-state index in [1.807, 2.05) is 38.1 Å². The summed E-state index contributed by atoms with van der Waals surface area (Å²) in [7, 11) is 0. The Hall–Kier alpha value is -1.71. The summed E-state index contributed by atoms with van der Waals surface area (Å²) in [5.74, 6) is 0.968. The second-order valence-corrected chi connectivity index (χ2v) is 3.55. The number of hydrogen-bond donors (Lipinski definition) is 2. The summed E-state index contributed by atoms with van der Waals surface area (Å²) in [6, 6.07) is 7.73. The maximum Gasteiger partial charge on any atom is 0.186 e. The van der Waals surface area contributed by atoms with E-state index in [2.05, 4.69) is 4.99 Å². The molecule has 0 spiro atoms. The lowest BCUT2D eigenvalue weighted by atomic mass is 10.2. The number of benzene rings is 1. The van der Waals surface area contributed by atoms with Crippen LogP contribution in [0.1, 0.15) is 19.4 Å². The summed E-state index contributed by atoms with van der Waals surface area (Å²) < 4.78 is 5.51. The highest BCUT2D eigenvalue weighted by molar-refractivity contribution is 5.75. The van der Waals surface area contributed by atoms with Crippen molar-refractivity contribution in [3.63, 3.8) is 0 Å². The van der Waals surface area contributed by atoms with E-state index in [9.17, 15) is 0 Å². The molecule has 4 nitrogen and oxygen atoms in total. The zero-order valence-electron chi connectivity index (χ0n) is 9.10. The van der Waals surface area contributed by atoms with Crippen molar-refractivity contribution in [2.45, 2.75) is 26.5 Å². The summed E-state index contributed by atoms with van der Waals surface area (Å²) in [6.45, 7) is 4.49. The predicted octanol–water partition coefficient (Wildman–Crippen LogP) is 1.25. The molecular weight excluding hydrogens is 190 g/mol. The fourth-order valence-electron chi connectivity index (χ4n) is 1.13. The molecule has 4 N–H and O–H groups in total. The molecule has 15 heavy (non-hydrogen) atoms. The topological polar surface area (TPSA) is 73.6 Å². The lowest BCUT2D eigenvalue weighted by Gasteiger charge is -2.09. The van der Waals surface area contributed by atoms with E-state index in [0.717, 1.165) is 11.3 Å². The molecule has 1 rings (SSSR count). The molecule has 0 aromatic heterocycles. The molecule has 0 saturated heterocycles. The molecule has 0 aliphatic carbocycles. The molecule has 0 bridgehead atoms. The van der Waals surface area contributed by atoms with Crippen LogP contribution in [-0.2, 0) is 6.54 Å². The van der Waals surface area contributed by atoms with Crippen molar-refractivity contribution < 1.29 is 4.74 Å². The lowest BCUT2D eigenvalue weighted by molar-refractivity contribution is 0.242. The number of rotatable bonds is 4. The number of aliphatic imine (C=N–C) groups is 1. The van der Waals surface area contributed by atoms with Crippen LogP contribution in [0.25, 0.3) is 0 Å². The van der Waals surface area contributed by atoms with Gasteiger partial charge in [-0.25, -0.2) is 4.99 Å². The summed E-state index contributed by atoms with van der Waals surface area (Å²) in [6.07, 6.45) is 0.188. The van der Waals surface area contributed by atoms with Gasteiger partial charge in [-0.15, -0.1) is 0 Å². The Morgan fingerprint density at radius 3 is 2.33 bits per heavy atom. The van der Waals surface area contributed by atoms with Gasteiger partial charge in [0.05, 0.1) is 12.6 Å². The van der Waals surface area contributed by atoms with Gasteiger partial charge in [-0.1, -0.05) is 12.1 Å². The van der Waals surface area contributed by atoms with Crippen LogP contribution < -0.4 is 16.2 Å². The Bertz CT molecular complexity index is 326. The van der Waals surface area contributed by atoms with Crippen LogP contribution in [-0.4, -0.2) is 12.1 Å². The van der Waals surface area contributed by atoms with Gasteiger partial charge in [-0.3, -0.25) is 0 Å². The van der Waals surface area contributed by atoms with Crippen molar-refractivity contribution in [2.24, 2.45) is 16.5 Å². The maximum atomic E-state index is 5.51. The van der Waals surface area contributed by atoms with Crippen molar-refractivity contribution in [3.05, 3.63) is 29.8 Å². The third kappa shape index (κ3) is 4.35. The highest BCUT2D eigenvalue weighted by Gasteiger charge is 1.97. The van der Waals surface area contributed by atoms with Crippen LogP contribution in [0.3, 0.4) is 0 Å². The summed E-state index contributed by atoms with van der Waals surface area (Å²) in [5, 5.41) is 0. The van der Waals surface area contributed by atoms with Gasteiger partial charge in [0.1, 0.15) is 5.75 Å². The third-order valence-corrected chi connectivity index (χ3v) is 1.74. The molecule has 0 amide bonds. The second kappa shape index (κ2) is 5.24. The van der Waals surface area contributed by atoms with Crippen LogP contribution >= 0.6 is 0 Å². The third-order valence-electron chi connectivity index (χ3n) is 1.74. The number of ether oxygens (including phenoxy) is 1. The Morgan fingerprint density at radius 2 is 1.87 bits per heavy atom. The van der Waals surface area contributed by atoms with Crippen LogP contribution in [0.5, 0.6) is 5.75 Å². The SMILES string of the molecule is CC(C)Oc1ccc(CN=C(N)N)cc1. The molecule has 0 saturated carbocycles. The van der Waals surface area contributed by atoms with Gasteiger partial charge >= 0.3 is 0 Å². The quantitative estimate of drug-likeness (QED) is 0.576. The normalized spacial score (nSPS) is 10.1. The van der Waals surface area contributed by atoms with Crippen molar-refractivity contribution in [1.82, 2.24) is 0 Å². The molecule has 0 aliphatic rings. The van der Waals surface area contributed by atoms with Gasteiger partial charge in [0.2, 0.25) is 0 Å². The van der Waals surface area contributed by atoms with Crippen LogP contribution in [0.2, 0.25) is 0 Å². The van der Waals surface area contributed by atoms with Gasteiger partial charge in [0, 0.05) is 0 Å². The molecule has 0 atom stereocenters. The van der Waals surface area contributed by atoms with Gasteiger partial charge in [-0.2, -0.15) is 0 Å². The van der Waals surface area contributed by atoms with Gasteiger partial charge in [0.25, 0.3) is 0 Å². The molecule has 1 aromatic carbocycles. The van der Waals surface area contributed by atoms with Gasteiger partial charge in [-0.05, 0) is 31.5 Å². The first-order valence-corrected chi connectivity index (χ1v) is 4.89. The largest absolute Gasteiger partial charge is 0.491 e. The monoisotopic (exact) mass is 207 g/mol. The molecule has 0 fully saturated rings. The van der Waals surface area contributed by atoms with Gasteiger partial charge < -0.3 is 16.2 Å². The van der Waals surface area contributed by atoms with E-state index >= 15 is 0 Å². The van der Waals surface area contributed by atoms with Crippen molar-refractivity contribution in [2.75, 3.05) is 0 Å². The summed E-state index contributed by atoms with van der Waals surface area (Å²) in [5.41, 5.74) is 11.5. The van der Waals surface area contributed by atoms with Crippen LogP contribution in [0.4, 0.5) is 0 Å². The zero-order valence-corrected chi connectivity index (χ0v) is 9.10. The molecule has 0 radical (unpaired) electrons. The highest BCUT2D eigenvalue weighted by Crippen LogP contribution is 2.14. The van der Waals surface area contributed by atoms with E-state index in [1.54, 1.807) is 0 Å². The smallest absolute Gasteiger partial charge is 0.186 e. The number of nitrogens with zero attached hydrogens (tertiary/aromatic N) is 1.